The third-order valence-corrected chi connectivity index (χ3v) is 1.64. The number of hydrogen-bond acceptors (Lipinski definition) is 0. The highest BCUT2D eigenvalue weighted by atomic mass is 14.0. The lowest BCUT2D eigenvalue weighted by molar-refractivity contribution is 0.918. The Morgan fingerprint density at radius 1 is 1.60 bits per heavy atom. The molecule has 0 heteroatoms. The minimum absolute atomic E-state index is 1.03. The molecule has 0 atom stereocenters. The van der Waals surface area contributed by atoms with Crippen LogP contribution in [0.2, 0.25) is 0 Å². The fourth-order valence-corrected chi connectivity index (χ4v) is 1.18. The van der Waals surface area contributed by atoms with Crippen LogP contribution in [0.3, 0.4) is 0 Å². The molecule has 0 N–H and O–H groups in total. The molecular weight excluding hydrogens is 120 g/mol. The average molecular weight is 134 g/mol. The van der Waals surface area contributed by atoms with Crippen LogP contribution in [0, 0.1) is 0 Å². The molecule has 0 saturated carbocycles. The quantitative estimate of drug-likeness (QED) is 0.544. The molecular formula is C10H14. The van der Waals surface area contributed by atoms with Crippen LogP contribution in [0.25, 0.3) is 0 Å². The van der Waals surface area contributed by atoms with Gasteiger partial charge in [0.25, 0.3) is 0 Å². The van der Waals surface area contributed by atoms with Crippen LogP contribution in [0.15, 0.2) is 36.0 Å². The van der Waals surface area contributed by atoms with Crippen LogP contribution >= 0.6 is 0 Å². The van der Waals surface area contributed by atoms with Crippen LogP contribution in [0.1, 0.15) is 26.2 Å². The summed E-state index contributed by atoms with van der Waals surface area (Å²) in [6, 6.07) is 0. The summed E-state index contributed by atoms with van der Waals surface area (Å²) in [5, 5.41) is 0. The minimum Gasteiger partial charge on any atom is -0.0955 e. The van der Waals surface area contributed by atoms with E-state index in [-0.39, 0.29) is 0 Å². The normalized spacial score (nSPS) is 17.3. The number of rotatable bonds is 2. The van der Waals surface area contributed by atoms with E-state index in [9.17, 15) is 0 Å². The maximum absolute atomic E-state index is 3.92. The topological polar surface area (TPSA) is 0 Å². The highest BCUT2D eigenvalue weighted by Gasteiger charge is 1.97. The molecule has 1 aliphatic rings. The Balaban J connectivity index is 2.57. The lowest BCUT2D eigenvalue weighted by Crippen LogP contribution is -1.86. The van der Waals surface area contributed by atoms with Gasteiger partial charge in [0, 0.05) is 0 Å². The third-order valence-electron chi connectivity index (χ3n) is 1.64. The molecule has 54 valence electrons. The van der Waals surface area contributed by atoms with Crippen LogP contribution in [-0.4, -0.2) is 0 Å². The Morgan fingerprint density at radius 2 is 2.40 bits per heavy atom. The summed E-state index contributed by atoms with van der Waals surface area (Å²) in [5.74, 6) is 0. The van der Waals surface area contributed by atoms with Gasteiger partial charge in [0.1, 0.15) is 0 Å². The molecule has 0 amide bonds. The molecule has 0 spiro atoms. The van der Waals surface area contributed by atoms with E-state index in [1.165, 1.54) is 24.0 Å². The van der Waals surface area contributed by atoms with Crippen LogP contribution < -0.4 is 0 Å². The van der Waals surface area contributed by atoms with Gasteiger partial charge in [-0.3, -0.25) is 0 Å². The van der Waals surface area contributed by atoms with Crippen molar-refractivity contribution in [3.05, 3.63) is 36.0 Å². The van der Waals surface area contributed by atoms with Gasteiger partial charge in [0.15, 0.2) is 0 Å². The highest BCUT2D eigenvalue weighted by Crippen LogP contribution is 2.17. The lowest BCUT2D eigenvalue weighted by Gasteiger charge is -2.06. The van der Waals surface area contributed by atoms with Crippen molar-refractivity contribution in [1.82, 2.24) is 0 Å². The summed E-state index contributed by atoms with van der Waals surface area (Å²) in [5.41, 5.74) is 2.67. The van der Waals surface area contributed by atoms with Gasteiger partial charge >= 0.3 is 0 Å². The van der Waals surface area contributed by atoms with Crippen molar-refractivity contribution in [2.45, 2.75) is 26.2 Å². The van der Waals surface area contributed by atoms with E-state index in [4.69, 9.17) is 0 Å². The molecule has 10 heavy (non-hydrogen) atoms. The largest absolute Gasteiger partial charge is 0.0955 e. The smallest absolute Gasteiger partial charge is 0.01000 e. The van der Waals surface area contributed by atoms with Gasteiger partial charge in [-0.15, -0.1) is 0 Å². The van der Waals surface area contributed by atoms with Gasteiger partial charge in [-0.2, -0.15) is 0 Å². The van der Waals surface area contributed by atoms with Crippen molar-refractivity contribution < 1.29 is 0 Å². The first-order valence-electron chi connectivity index (χ1n) is 3.88. The first-order valence-corrected chi connectivity index (χ1v) is 3.88. The molecule has 0 aromatic heterocycles. The number of allylic oxidation sites excluding steroid dienone is 5. The molecule has 1 aliphatic carbocycles. The Kier molecular flexibility index (Phi) is 2.49. The molecule has 0 heterocycles. The van der Waals surface area contributed by atoms with Crippen molar-refractivity contribution in [3.8, 4) is 0 Å². The summed E-state index contributed by atoms with van der Waals surface area (Å²) in [7, 11) is 0. The summed E-state index contributed by atoms with van der Waals surface area (Å²) in [4.78, 5) is 0. The zero-order chi connectivity index (χ0) is 7.40. The van der Waals surface area contributed by atoms with Gasteiger partial charge in [-0.25, -0.2) is 0 Å². The average Bonchev–Trinajstić information content (AvgIpc) is 1.88. The van der Waals surface area contributed by atoms with E-state index in [1.54, 1.807) is 0 Å². The maximum Gasteiger partial charge on any atom is -0.01000 e. The van der Waals surface area contributed by atoms with E-state index < -0.39 is 0 Å². The van der Waals surface area contributed by atoms with Gasteiger partial charge < -0.3 is 0 Å². The van der Waals surface area contributed by atoms with Gasteiger partial charge in [-0.05, 0) is 18.4 Å². The van der Waals surface area contributed by atoms with Crippen molar-refractivity contribution in [2.75, 3.05) is 0 Å². The molecule has 0 nitrogen and oxygen atoms in total. The standard InChI is InChI=1S/C10H14/c1-3-5-10-7-4-6-9(2)8-10/h4,7-8H,2-3,5-6H2,1H3. The number of hydrogen-bond donors (Lipinski definition) is 0. The van der Waals surface area contributed by atoms with Crippen molar-refractivity contribution in [2.24, 2.45) is 0 Å². The second-order valence-corrected chi connectivity index (χ2v) is 2.73. The third kappa shape index (κ3) is 1.87. The highest BCUT2D eigenvalue weighted by molar-refractivity contribution is 5.34. The predicted octanol–water partition coefficient (Wildman–Crippen LogP) is 3.23. The molecule has 0 unspecified atom stereocenters. The van der Waals surface area contributed by atoms with E-state index in [1.807, 2.05) is 0 Å². The van der Waals surface area contributed by atoms with Crippen molar-refractivity contribution >= 4 is 0 Å². The zero-order valence-corrected chi connectivity index (χ0v) is 6.56. The molecule has 0 bridgehead atoms. The molecule has 0 radical (unpaired) electrons. The SMILES string of the molecule is C=C1C=C(CCC)C=CC1. The second kappa shape index (κ2) is 3.40. The summed E-state index contributed by atoms with van der Waals surface area (Å²) < 4.78 is 0. The van der Waals surface area contributed by atoms with Gasteiger partial charge in [-0.1, -0.05) is 43.7 Å². The van der Waals surface area contributed by atoms with Crippen molar-refractivity contribution in [1.29, 1.82) is 0 Å². The Morgan fingerprint density at radius 3 is 3.00 bits per heavy atom. The summed E-state index contributed by atoms with van der Waals surface area (Å²) in [6.07, 6.45) is 10.0. The van der Waals surface area contributed by atoms with Gasteiger partial charge in [0.2, 0.25) is 0 Å². The Bertz CT molecular complexity index is 182. The first-order chi connectivity index (χ1) is 4.83. The summed E-state index contributed by atoms with van der Waals surface area (Å²) in [6.45, 7) is 6.12. The van der Waals surface area contributed by atoms with Gasteiger partial charge in [0.05, 0.1) is 0 Å². The molecule has 0 fully saturated rings. The zero-order valence-electron chi connectivity index (χ0n) is 6.56. The molecule has 0 aromatic rings. The van der Waals surface area contributed by atoms with E-state index in [2.05, 4.69) is 31.7 Å². The predicted molar refractivity (Wildman–Crippen MR) is 45.9 cm³/mol. The van der Waals surface area contributed by atoms with Crippen molar-refractivity contribution in [3.63, 3.8) is 0 Å². The minimum atomic E-state index is 1.03. The monoisotopic (exact) mass is 134 g/mol. The Labute approximate surface area is 62.9 Å². The summed E-state index contributed by atoms with van der Waals surface area (Å²) >= 11 is 0. The molecule has 0 aliphatic heterocycles. The molecule has 1 rings (SSSR count). The van der Waals surface area contributed by atoms with E-state index >= 15 is 0 Å². The lowest BCUT2D eigenvalue weighted by atomic mass is 10.0. The maximum atomic E-state index is 3.92. The van der Waals surface area contributed by atoms with E-state index in [0.29, 0.717) is 0 Å². The Hall–Kier alpha value is -0.780. The van der Waals surface area contributed by atoms with Crippen LogP contribution in [-0.2, 0) is 0 Å². The van der Waals surface area contributed by atoms with E-state index in [0.717, 1.165) is 6.42 Å². The molecule has 0 saturated heterocycles. The fourth-order valence-electron chi connectivity index (χ4n) is 1.18. The molecule has 0 aromatic carbocycles. The fraction of sp³-hybridized carbons (Fsp3) is 0.400. The second-order valence-electron chi connectivity index (χ2n) is 2.73. The van der Waals surface area contributed by atoms with Crippen LogP contribution in [0.5, 0.6) is 0 Å². The van der Waals surface area contributed by atoms with Crippen LogP contribution in [0.4, 0.5) is 0 Å². The first kappa shape index (κ1) is 7.33.